The van der Waals surface area contributed by atoms with Gasteiger partial charge in [-0.2, -0.15) is 0 Å². The van der Waals surface area contributed by atoms with Gasteiger partial charge < -0.3 is 15.2 Å². The number of nitrogens with two attached hydrogens (primary N) is 1. The normalized spacial score (nSPS) is 22.7. The third kappa shape index (κ3) is 2.45. The minimum absolute atomic E-state index is 0.0449. The maximum Gasteiger partial charge on any atom is 0.122 e. The average molecular weight is 275 g/mol. The summed E-state index contributed by atoms with van der Waals surface area (Å²) in [5, 5.41) is 0. The Bertz CT molecular complexity index is 464. The summed E-state index contributed by atoms with van der Waals surface area (Å²) >= 11 is 0. The molecule has 0 radical (unpaired) electrons. The van der Waals surface area contributed by atoms with Gasteiger partial charge in [0.25, 0.3) is 0 Å². The van der Waals surface area contributed by atoms with Crippen molar-refractivity contribution < 1.29 is 9.47 Å². The van der Waals surface area contributed by atoms with Crippen LogP contribution in [0.1, 0.15) is 55.7 Å². The largest absolute Gasteiger partial charge is 0.493 e. The van der Waals surface area contributed by atoms with Crippen molar-refractivity contribution in [2.75, 3.05) is 13.7 Å². The highest BCUT2D eigenvalue weighted by Crippen LogP contribution is 2.40. The summed E-state index contributed by atoms with van der Waals surface area (Å²) in [7, 11) is 1.82. The van der Waals surface area contributed by atoms with Gasteiger partial charge in [0.05, 0.1) is 18.2 Å². The van der Waals surface area contributed by atoms with Gasteiger partial charge in [-0.15, -0.1) is 0 Å². The topological polar surface area (TPSA) is 44.5 Å². The van der Waals surface area contributed by atoms with Crippen molar-refractivity contribution in [3.05, 3.63) is 29.3 Å². The van der Waals surface area contributed by atoms with E-state index in [1.807, 2.05) is 7.11 Å². The van der Waals surface area contributed by atoms with Crippen molar-refractivity contribution in [1.82, 2.24) is 0 Å². The Morgan fingerprint density at radius 2 is 1.95 bits per heavy atom. The van der Waals surface area contributed by atoms with Gasteiger partial charge in [0.2, 0.25) is 0 Å². The van der Waals surface area contributed by atoms with Crippen LogP contribution >= 0.6 is 0 Å². The molecule has 1 aliphatic carbocycles. The lowest BCUT2D eigenvalue weighted by molar-refractivity contribution is -0.0442. The average Bonchev–Trinajstić information content (AvgIpc) is 2.81. The molecule has 1 heterocycles. The predicted molar refractivity (Wildman–Crippen MR) is 80.0 cm³/mol. The molecule has 3 heteroatoms. The first-order chi connectivity index (χ1) is 9.75. The minimum Gasteiger partial charge on any atom is -0.493 e. The van der Waals surface area contributed by atoms with E-state index >= 15 is 0 Å². The van der Waals surface area contributed by atoms with E-state index < -0.39 is 0 Å². The SMILES string of the molecule is COC1(C(N)c2ccc3c(c2)CCO3)CCCCCC1. The van der Waals surface area contributed by atoms with Crippen LogP contribution < -0.4 is 10.5 Å². The summed E-state index contributed by atoms with van der Waals surface area (Å²) in [5.74, 6) is 1.02. The van der Waals surface area contributed by atoms with Crippen molar-refractivity contribution in [3.8, 4) is 5.75 Å². The zero-order chi connectivity index (χ0) is 14.0. The third-order valence-electron chi connectivity index (χ3n) is 5.00. The zero-order valence-corrected chi connectivity index (χ0v) is 12.4. The maximum atomic E-state index is 6.61. The summed E-state index contributed by atoms with van der Waals surface area (Å²) in [6.07, 6.45) is 8.17. The minimum atomic E-state index is -0.190. The van der Waals surface area contributed by atoms with Crippen LogP contribution in [0.25, 0.3) is 0 Å². The molecule has 1 saturated carbocycles. The molecule has 1 aromatic rings. The van der Waals surface area contributed by atoms with Crippen molar-refractivity contribution >= 4 is 0 Å². The number of rotatable bonds is 3. The molecule has 0 bridgehead atoms. The molecule has 1 aromatic carbocycles. The standard InChI is InChI=1S/C17H25NO2/c1-19-17(9-4-2-3-5-10-17)16(18)14-6-7-15-13(12-14)8-11-20-15/h6-7,12,16H,2-5,8-11,18H2,1H3. The highest BCUT2D eigenvalue weighted by Gasteiger charge is 2.38. The van der Waals surface area contributed by atoms with E-state index in [1.165, 1.54) is 36.8 Å². The highest BCUT2D eigenvalue weighted by atomic mass is 16.5. The van der Waals surface area contributed by atoms with Crippen molar-refractivity contribution in [2.24, 2.45) is 5.73 Å². The summed E-state index contributed by atoms with van der Waals surface area (Å²) in [4.78, 5) is 0. The Hall–Kier alpha value is -1.06. The van der Waals surface area contributed by atoms with Gasteiger partial charge in [0, 0.05) is 13.5 Å². The van der Waals surface area contributed by atoms with E-state index in [0.29, 0.717) is 0 Å². The Morgan fingerprint density at radius 1 is 1.20 bits per heavy atom. The molecule has 0 spiro atoms. The van der Waals surface area contributed by atoms with Gasteiger partial charge in [0.15, 0.2) is 0 Å². The molecular formula is C17H25NO2. The lowest BCUT2D eigenvalue weighted by Crippen LogP contribution is -2.42. The monoisotopic (exact) mass is 275 g/mol. The zero-order valence-electron chi connectivity index (χ0n) is 12.4. The Labute approximate surface area is 121 Å². The van der Waals surface area contributed by atoms with Gasteiger partial charge in [0.1, 0.15) is 5.75 Å². The van der Waals surface area contributed by atoms with Crippen LogP contribution in [0.2, 0.25) is 0 Å². The van der Waals surface area contributed by atoms with Crippen LogP contribution in [-0.4, -0.2) is 19.3 Å². The first-order valence-electron chi connectivity index (χ1n) is 7.81. The molecule has 1 aliphatic heterocycles. The lowest BCUT2D eigenvalue weighted by Gasteiger charge is -2.37. The van der Waals surface area contributed by atoms with Crippen molar-refractivity contribution in [1.29, 1.82) is 0 Å². The van der Waals surface area contributed by atoms with Gasteiger partial charge in [-0.25, -0.2) is 0 Å². The second kappa shape index (κ2) is 5.74. The molecule has 1 fully saturated rings. The Morgan fingerprint density at radius 3 is 2.65 bits per heavy atom. The molecule has 1 atom stereocenters. The predicted octanol–water partition coefficient (Wildman–Crippen LogP) is 3.36. The molecule has 0 aromatic heterocycles. The molecule has 2 N–H and O–H groups in total. The van der Waals surface area contributed by atoms with E-state index in [4.69, 9.17) is 15.2 Å². The summed E-state index contributed by atoms with van der Waals surface area (Å²) in [6.45, 7) is 0.795. The number of hydrogen-bond donors (Lipinski definition) is 1. The molecule has 3 nitrogen and oxygen atoms in total. The van der Waals surface area contributed by atoms with E-state index in [1.54, 1.807) is 0 Å². The molecule has 0 saturated heterocycles. The summed E-state index contributed by atoms with van der Waals surface area (Å²) < 4.78 is 11.5. The van der Waals surface area contributed by atoms with Gasteiger partial charge in [-0.05, 0) is 30.0 Å². The van der Waals surface area contributed by atoms with E-state index in [-0.39, 0.29) is 11.6 Å². The number of fused-ring (bicyclic) bond motifs is 1. The molecule has 0 amide bonds. The fraction of sp³-hybridized carbons (Fsp3) is 0.647. The second-order valence-electron chi connectivity index (χ2n) is 6.13. The van der Waals surface area contributed by atoms with Crippen LogP contribution in [0, 0.1) is 0 Å². The van der Waals surface area contributed by atoms with Crippen LogP contribution in [0.4, 0.5) is 0 Å². The molecule has 2 aliphatic rings. The summed E-state index contributed by atoms with van der Waals surface area (Å²) in [6, 6.07) is 6.35. The maximum absolute atomic E-state index is 6.61. The smallest absolute Gasteiger partial charge is 0.122 e. The van der Waals surface area contributed by atoms with Crippen molar-refractivity contribution in [3.63, 3.8) is 0 Å². The third-order valence-corrected chi connectivity index (χ3v) is 5.00. The molecule has 110 valence electrons. The molecule has 20 heavy (non-hydrogen) atoms. The quantitative estimate of drug-likeness (QED) is 0.860. The van der Waals surface area contributed by atoms with E-state index in [2.05, 4.69) is 18.2 Å². The number of ether oxygens (including phenoxy) is 2. The number of benzene rings is 1. The van der Waals surface area contributed by atoms with Gasteiger partial charge in [-0.3, -0.25) is 0 Å². The molecule has 3 rings (SSSR count). The number of methoxy groups -OCH3 is 1. The Balaban J connectivity index is 1.87. The number of hydrogen-bond acceptors (Lipinski definition) is 3. The summed E-state index contributed by atoms with van der Waals surface area (Å²) in [5.41, 5.74) is 8.90. The van der Waals surface area contributed by atoms with Gasteiger partial charge >= 0.3 is 0 Å². The van der Waals surface area contributed by atoms with E-state index in [0.717, 1.165) is 31.6 Å². The Kier molecular flexibility index (Phi) is 3.99. The fourth-order valence-electron chi connectivity index (χ4n) is 3.67. The first kappa shape index (κ1) is 13.9. The molecule has 1 unspecified atom stereocenters. The van der Waals surface area contributed by atoms with Crippen molar-refractivity contribution in [2.45, 2.75) is 56.6 Å². The lowest BCUT2D eigenvalue weighted by atomic mass is 9.82. The van der Waals surface area contributed by atoms with Crippen LogP contribution in [0.3, 0.4) is 0 Å². The van der Waals surface area contributed by atoms with Crippen LogP contribution in [0.5, 0.6) is 5.75 Å². The van der Waals surface area contributed by atoms with Crippen LogP contribution in [-0.2, 0) is 11.2 Å². The first-order valence-corrected chi connectivity index (χ1v) is 7.81. The second-order valence-corrected chi connectivity index (χ2v) is 6.13. The molecular weight excluding hydrogens is 250 g/mol. The fourth-order valence-corrected chi connectivity index (χ4v) is 3.67. The van der Waals surface area contributed by atoms with Crippen LogP contribution in [0.15, 0.2) is 18.2 Å². The van der Waals surface area contributed by atoms with Gasteiger partial charge in [-0.1, -0.05) is 37.8 Å². The van der Waals surface area contributed by atoms with E-state index in [9.17, 15) is 0 Å². The highest BCUT2D eigenvalue weighted by molar-refractivity contribution is 5.41.